The van der Waals surface area contributed by atoms with Gasteiger partial charge in [0.05, 0.1) is 23.7 Å². The third kappa shape index (κ3) is 4.17. The molecule has 10 heteroatoms. The maximum atomic E-state index is 12.6. The molecule has 27 heavy (non-hydrogen) atoms. The van der Waals surface area contributed by atoms with E-state index in [4.69, 9.17) is 0 Å². The van der Waals surface area contributed by atoms with Crippen molar-refractivity contribution >= 4 is 34.7 Å². The first kappa shape index (κ1) is 18.2. The zero-order valence-corrected chi connectivity index (χ0v) is 13.8. The summed E-state index contributed by atoms with van der Waals surface area (Å²) in [5.41, 5.74) is 0.681. The molecule has 140 valence electrons. The highest BCUT2D eigenvalue weighted by atomic mass is 19.4. The van der Waals surface area contributed by atoms with Crippen LogP contribution in [0.15, 0.2) is 42.5 Å². The molecule has 0 saturated carbocycles. The van der Waals surface area contributed by atoms with E-state index in [9.17, 15) is 22.8 Å². The van der Waals surface area contributed by atoms with Crippen LogP contribution in [0, 0.1) is 0 Å². The Hall–Kier alpha value is -3.56. The van der Waals surface area contributed by atoms with Gasteiger partial charge in [0.25, 0.3) is 5.91 Å². The van der Waals surface area contributed by atoms with Crippen LogP contribution in [-0.2, 0) is 10.9 Å². The lowest BCUT2D eigenvalue weighted by molar-refractivity contribution is -0.137. The van der Waals surface area contributed by atoms with Gasteiger partial charge in [-0.05, 0) is 42.5 Å². The zero-order valence-electron chi connectivity index (χ0n) is 13.8. The summed E-state index contributed by atoms with van der Waals surface area (Å²) in [4.78, 5) is 30.4. The Balaban J connectivity index is 1.76. The molecule has 2 aromatic carbocycles. The molecule has 0 spiro atoms. The third-order valence-electron chi connectivity index (χ3n) is 3.62. The predicted molar refractivity (Wildman–Crippen MR) is 91.5 cm³/mol. The van der Waals surface area contributed by atoms with E-state index >= 15 is 0 Å². The molecule has 0 atom stereocenters. The Bertz CT molecular complexity index is 997. The van der Waals surface area contributed by atoms with Crippen molar-refractivity contribution < 1.29 is 27.5 Å². The van der Waals surface area contributed by atoms with E-state index in [1.54, 1.807) is 6.07 Å². The van der Waals surface area contributed by atoms with Gasteiger partial charge in [-0.25, -0.2) is 9.78 Å². The van der Waals surface area contributed by atoms with Gasteiger partial charge in [0.1, 0.15) is 0 Å². The Labute approximate surface area is 150 Å². The summed E-state index contributed by atoms with van der Waals surface area (Å²) in [5, 5.41) is 4.89. The number of nitrogens with zero attached hydrogens (tertiary/aromatic N) is 1. The molecular formula is C17H13F3N4O3. The van der Waals surface area contributed by atoms with Crippen molar-refractivity contribution in [1.29, 1.82) is 0 Å². The van der Waals surface area contributed by atoms with Crippen molar-refractivity contribution in [2.45, 2.75) is 6.18 Å². The average molecular weight is 378 g/mol. The lowest BCUT2D eigenvalue weighted by atomic mass is 10.1. The van der Waals surface area contributed by atoms with Gasteiger partial charge in [0, 0.05) is 11.3 Å². The number of imidazole rings is 1. The van der Waals surface area contributed by atoms with Crippen LogP contribution >= 0.6 is 0 Å². The van der Waals surface area contributed by atoms with Gasteiger partial charge in [0.2, 0.25) is 5.95 Å². The second-order valence-electron chi connectivity index (χ2n) is 5.46. The number of ether oxygens (including phenoxy) is 1. The van der Waals surface area contributed by atoms with Crippen molar-refractivity contribution in [3.63, 3.8) is 0 Å². The van der Waals surface area contributed by atoms with Crippen LogP contribution in [0.1, 0.15) is 15.9 Å². The number of benzene rings is 2. The van der Waals surface area contributed by atoms with E-state index in [0.717, 1.165) is 12.1 Å². The van der Waals surface area contributed by atoms with Crippen LogP contribution in [-0.4, -0.2) is 29.1 Å². The highest BCUT2D eigenvalue weighted by molar-refractivity contribution is 6.06. The molecule has 0 aliphatic rings. The number of fused-ring (bicyclic) bond motifs is 1. The standard InChI is InChI=1S/C17H13F3N4O3/c1-27-16(26)24-15-22-12-7-2-9(8-13(12)23-15)14(25)21-11-5-3-10(4-6-11)17(18,19)20/h2-8H,1H3,(H,21,25)(H2,22,23,24,26). The van der Waals surface area contributed by atoms with Gasteiger partial charge >= 0.3 is 12.3 Å². The summed E-state index contributed by atoms with van der Waals surface area (Å²) < 4.78 is 42.2. The van der Waals surface area contributed by atoms with E-state index < -0.39 is 23.7 Å². The maximum Gasteiger partial charge on any atom is 0.416 e. The number of methoxy groups -OCH3 is 1. The molecule has 2 amide bonds. The van der Waals surface area contributed by atoms with Crippen LogP contribution in [0.4, 0.5) is 29.6 Å². The molecule has 0 aliphatic carbocycles. The van der Waals surface area contributed by atoms with Crippen LogP contribution < -0.4 is 10.6 Å². The lowest BCUT2D eigenvalue weighted by Crippen LogP contribution is -2.12. The predicted octanol–water partition coefficient (Wildman–Crippen LogP) is 4.01. The summed E-state index contributed by atoms with van der Waals surface area (Å²) in [6.07, 6.45) is -5.14. The first-order valence-corrected chi connectivity index (χ1v) is 7.59. The van der Waals surface area contributed by atoms with E-state index in [0.29, 0.717) is 11.0 Å². The molecule has 3 N–H and O–H groups in total. The summed E-state index contributed by atoms with van der Waals surface area (Å²) in [6.45, 7) is 0. The number of halogens is 3. The molecule has 0 fully saturated rings. The molecule has 3 rings (SSSR count). The lowest BCUT2D eigenvalue weighted by Gasteiger charge is -2.09. The number of alkyl halides is 3. The van der Waals surface area contributed by atoms with E-state index in [1.165, 1.54) is 31.4 Å². The first-order chi connectivity index (χ1) is 12.8. The summed E-state index contributed by atoms with van der Waals surface area (Å²) in [5.74, 6) is -0.356. The second kappa shape index (κ2) is 6.98. The van der Waals surface area contributed by atoms with Crippen LogP contribution in [0.5, 0.6) is 0 Å². The quantitative estimate of drug-likeness (QED) is 0.642. The van der Waals surface area contributed by atoms with Crippen LogP contribution in [0.25, 0.3) is 11.0 Å². The summed E-state index contributed by atoms with van der Waals surface area (Å²) in [7, 11) is 1.21. The normalized spacial score (nSPS) is 11.3. The zero-order chi connectivity index (χ0) is 19.6. The first-order valence-electron chi connectivity index (χ1n) is 7.59. The minimum atomic E-state index is -4.44. The maximum absolute atomic E-state index is 12.6. The molecule has 0 saturated heterocycles. The Morgan fingerprint density at radius 2 is 1.78 bits per heavy atom. The van der Waals surface area contributed by atoms with Gasteiger partial charge in [0.15, 0.2) is 0 Å². The fraction of sp³-hybridized carbons (Fsp3) is 0.118. The highest BCUT2D eigenvalue weighted by Gasteiger charge is 2.30. The highest BCUT2D eigenvalue weighted by Crippen LogP contribution is 2.30. The molecule has 0 bridgehead atoms. The van der Waals surface area contributed by atoms with Crippen LogP contribution in [0.3, 0.4) is 0 Å². The Kier molecular flexibility index (Phi) is 4.72. The number of nitrogens with one attached hydrogen (secondary N) is 3. The van der Waals surface area contributed by atoms with Crippen molar-refractivity contribution in [1.82, 2.24) is 9.97 Å². The molecule has 1 aromatic heterocycles. The van der Waals surface area contributed by atoms with Gasteiger partial charge in [-0.3, -0.25) is 10.1 Å². The number of hydrogen-bond donors (Lipinski definition) is 3. The number of rotatable bonds is 3. The third-order valence-corrected chi connectivity index (χ3v) is 3.62. The van der Waals surface area contributed by atoms with Gasteiger partial charge < -0.3 is 15.0 Å². The SMILES string of the molecule is COC(=O)Nc1nc2ccc(C(=O)Nc3ccc(C(F)(F)F)cc3)cc2[nH]1. The number of H-pyrrole nitrogens is 1. The van der Waals surface area contributed by atoms with E-state index in [2.05, 4.69) is 25.3 Å². The minimum absolute atomic E-state index is 0.150. The van der Waals surface area contributed by atoms with Crippen LogP contribution in [0.2, 0.25) is 0 Å². The van der Waals surface area contributed by atoms with Gasteiger partial charge in [-0.15, -0.1) is 0 Å². The second-order valence-corrected chi connectivity index (χ2v) is 5.46. The number of aromatic nitrogens is 2. The largest absolute Gasteiger partial charge is 0.453 e. The summed E-state index contributed by atoms with van der Waals surface area (Å²) in [6, 6.07) is 8.70. The topological polar surface area (TPSA) is 96.1 Å². The summed E-state index contributed by atoms with van der Waals surface area (Å²) >= 11 is 0. The number of carbonyl (C=O) groups is 2. The number of hydrogen-bond acceptors (Lipinski definition) is 4. The van der Waals surface area contributed by atoms with Crippen molar-refractivity contribution in [3.8, 4) is 0 Å². The smallest absolute Gasteiger partial charge is 0.416 e. The van der Waals surface area contributed by atoms with Crippen molar-refractivity contribution in [3.05, 3.63) is 53.6 Å². The fourth-order valence-electron chi connectivity index (χ4n) is 2.30. The number of anilines is 2. The van der Waals surface area contributed by atoms with E-state index in [1.807, 2.05) is 0 Å². The molecule has 0 radical (unpaired) electrons. The van der Waals surface area contributed by atoms with Crippen molar-refractivity contribution in [2.75, 3.05) is 17.7 Å². The fourth-order valence-corrected chi connectivity index (χ4v) is 2.30. The number of carbonyl (C=O) groups excluding carboxylic acids is 2. The number of aromatic amines is 1. The molecule has 3 aromatic rings. The van der Waals surface area contributed by atoms with Gasteiger partial charge in [-0.2, -0.15) is 13.2 Å². The minimum Gasteiger partial charge on any atom is -0.453 e. The average Bonchev–Trinajstić information content (AvgIpc) is 3.02. The molecule has 0 unspecified atom stereocenters. The number of amides is 2. The molecule has 0 aliphatic heterocycles. The van der Waals surface area contributed by atoms with Crippen molar-refractivity contribution in [2.24, 2.45) is 0 Å². The van der Waals surface area contributed by atoms with E-state index in [-0.39, 0.29) is 17.2 Å². The molecule has 7 nitrogen and oxygen atoms in total. The molecular weight excluding hydrogens is 365 g/mol. The Morgan fingerprint density at radius 1 is 1.07 bits per heavy atom. The van der Waals surface area contributed by atoms with Gasteiger partial charge in [-0.1, -0.05) is 0 Å². The Morgan fingerprint density at radius 3 is 2.41 bits per heavy atom. The molecule has 1 heterocycles. The monoisotopic (exact) mass is 378 g/mol.